The van der Waals surface area contributed by atoms with Crippen LogP contribution >= 0.6 is 27.3 Å². The van der Waals surface area contributed by atoms with Crippen LogP contribution in [0.3, 0.4) is 0 Å². The van der Waals surface area contributed by atoms with Crippen molar-refractivity contribution in [2.75, 3.05) is 0 Å². The number of ether oxygens (including phenoxy) is 2. The van der Waals surface area contributed by atoms with E-state index < -0.39 is 5.97 Å². The number of hydrogen-bond acceptors (Lipinski definition) is 5. The number of aryl methyl sites for hydroxylation is 1. The monoisotopic (exact) mass is 454 g/mol. The van der Waals surface area contributed by atoms with Crippen LogP contribution in [0.5, 0.6) is 11.5 Å². The first kappa shape index (κ1) is 18.7. The second-order valence-electron chi connectivity index (χ2n) is 6.34. The first-order valence-electron chi connectivity index (χ1n) is 8.54. The van der Waals surface area contributed by atoms with Gasteiger partial charge in [-0.3, -0.25) is 4.79 Å². The highest BCUT2D eigenvalue weighted by Crippen LogP contribution is 2.40. The summed E-state index contributed by atoms with van der Waals surface area (Å²) in [4.78, 5) is 26.2. The van der Waals surface area contributed by atoms with Crippen molar-refractivity contribution in [3.8, 4) is 11.5 Å². The molecule has 0 spiro atoms. The lowest BCUT2D eigenvalue weighted by Crippen LogP contribution is -2.10. The van der Waals surface area contributed by atoms with Crippen LogP contribution in [0.15, 0.2) is 58.1 Å². The quantitative estimate of drug-likeness (QED) is 0.278. The molecule has 0 saturated carbocycles. The molecule has 1 aliphatic rings. The van der Waals surface area contributed by atoms with Crippen LogP contribution in [0.1, 0.15) is 36.7 Å². The molecule has 6 heteroatoms. The van der Waals surface area contributed by atoms with Gasteiger partial charge in [0.05, 0.1) is 11.1 Å². The number of allylic oxidation sites excluding steroid dienone is 1. The first-order chi connectivity index (χ1) is 13.5. The Morgan fingerprint density at radius 2 is 1.93 bits per heavy atom. The molecule has 1 aromatic heterocycles. The zero-order chi connectivity index (χ0) is 19.8. The summed E-state index contributed by atoms with van der Waals surface area (Å²) in [6.45, 7) is 3.76. The van der Waals surface area contributed by atoms with Gasteiger partial charge in [-0.25, -0.2) is 4.79 Å². The largest absolute Gasteiger partial charge is 0.452 e. The van der Waals surface area contributed by atoms with E-state index in [-0.39, 0.29) is 11.5 Å². The number of Topliss-reactive ketones (excluding diaryl/α,β-unsaturated/α-hetero) is 1. The van der Waals surface area contributed by atoms with Crippen LogP contribution in [0.2, 0.25) is 0 Å². The van der Waals surface area contributed by atoms with Gasteiger partial charge in [0.15, 0.2) is 5.76 Å². The normalized spacial score (nSPS) is 14.1. The van der Waals surface area contributed by atoms with Gasteiger partial charge in [0, 0.05) is 21.0 Å². The molecular formula is C22H15BrO4S. The van der Waals surface area contributed by atoms with Crippen LogP contribution < -0.4 is 9.47 Å². The molecule has 1 aliphatic heterocycles. The van der Waals surface area contributed by atoms with Gasteiger partial charge in [-0.05, 0) is 71.1 Å². The third-order valence-corrected chi connectivity index (χ3v) is 6.15. The van der Waals surface area contributed by atoms with Gasteiger partial charge in [0.25, 0.3) is 0 Å². The van der Waals surface area contributed by atoms with Crippen LogP contribution in [0.25, 0.3) is 6.08 Å². The standard InChI is InChI=1S/C22H15BrO4S/c1-12-9-10-28-19(12)11-18-20(24)15-7-8-17(13(2)21(15)26-18)27-22(25)14-5-3-4-6-16(14)23/h3-11H,1-2H3/b18-11-. The first-order valence-corrected chi connectivity index (χ1v) is 10.2. The lowest BCUT2D eigenvalue weighted by Gasteiger charge is -2.10. The lowest BCUT2D eigenvalue weighted by molar-refractivity contribution is 0.0732. The van der Waals surface area contributed by atoms with E-state index >= 15 is 0 Å². The molecule has 0 radical (unpaired) electrons. The number of rotatable bonds is 3. The van der Waals surface area contributed by atoms with Crippen LogP contribution in [0.4, 0.5) is 0 Å². The molecule has 4 nitrogen and oxygen atoms in total. The van der Waals surface area contributed by atoms with E-state index in [0.717, 1.165) is 10.4 Å². The van der Waals surface area contributed by atoms with Crippen LogP contribution in [-0.4, -0.2) is 11.8 Å². The third kappa shape index (κ3) is 3.30. The van der Waals surface area contributed by atoms with E-state index in [4.69, 9.17) is 9.47 Å². The van der Waals surface area contributed by atoms with Crippen molar-refractivity contribution in [1.29, 1.82) is 0 Å². The van der Waals surface area contributed by atoms with E-state index in [1.54, 1.807) is 54.7 Å². The highest BCUT2D eigenvalue weighted by atomic mass is 79.9. The van der Waals surface area contributed by atoms with Crippen molar-refractivity contribution >= 4 is 45.1 Å². The lowest BCUT2D eigenvalue weighted by atomic mass is 10.1. The number of carbonyl (C=O) groups excluding carboxylic acids is 2. The maximum Gasteiger partial charge on any atom is 0.344 e. The van der Waals surface area contributed by atoms with E-state index in [1.165, 1.54) is 0 Å². The number of fused-ring (bicyclic) bond motifs is 1. The summed E-state index contributed by atoms with van der Waals surface area (Å²) in [5.41, 5.74) is 2.59. The number of ketones is 1. The Bertz CT molecular complexity index is 1140. The number of thiophene rings is 1. The van der Waals surface area contributed by atoms with Gasteiger partial charge in [-0.15, -0.1) is 11.3 Å². The highest BCUT2D eigenvalue weighted by Gasteiger charge is 2.31. The molecule has 0 atom stereocenters. The fraction of sp³-hybridized carbons (Fsp3) is 0.0909. The molecule has 0 saturated heterocycles. The van der Waals surface area contributed by atoms with E-state index in [9.17, 15) is 9.59 Å². The second kappa shape index (κ2) is 7.37. The third-order valence-electron chi connectivity index (χ3n) is 4.50. The Morgan fingerprint density at radius 3 is 2.64 bits per heavy atom. The Hall–Kier alpha value is -2.70. The van der Waals surface area contributed by atoms with Gasteiger partial charge >= 0.3 is 5.97 Å². The summed E-state index contributed by atoms with van der Waals surface area (Å²) in [7, 11) is 0. The van der Waals surface area contributed by atoms with Gasteiger partial charge in [-0.2, -0.15) is 0 Å². The minimum Gasteiger partial charge on any atom is -0.452 e. The topological polar surface area (TPSA) is 52.6 Å². The summed E-state index contributed by atoms with van der Waals surface area (Å²) in [5.74, 6) is 0.418. The molecule has 3 aromatic rings. The Balaban J connectivity index is 1.64. The summed E-state index contributed by atoms with van der Waals surface area (Å²) in [6, 6.07) is 12.3. The fourth-order valence-corrected chi connectivity index (χ4v) is 4.21. The molecule has 2 aromatic carbocycles. The SMILES string of the molecule is Cc1ccsc1/C=C1\Oc2c(ccc(OC(=O)c3ccccc3Br)c2C)C1=O. The molecule has 0 aliphatic carbocycles. The average molecular weight is 455 g/mol. The van der Waals surface area contributed by atoms with Crippen molar-refractivity contribution in [3.05, 3.63) is 85.2 Å². The molecule has 0 bridgehead atoms. The molecule has 2 heterocycles. The fourth-order valence-electron chi connectivity index (χ4n) is 2.91. The number of hydrogen-bond donors (Lipinski definition) is 0. The molecular weight excluding hydrogens is 440 g/mol. The maximum atomic E-state index is 12.7. The molecule has 0 fully saturated rings. The number of carbonyl (C=O) groups is 2. The molecule has 140 valence electrons. The number of esters is 1. The summed E-state index contributed by atoms with van der Waals surface area (Å²) >= 11 is 4.90. The molecule has 0 amide bonds. The summed E-state index contributed by atoms with van der Waals surface area (Å²) in [6.07, 6.45) is 1.76. The number of halogens is 1. The van der Waals surface area contributed by atoms with Gasteiger partial charge in [0.2, 0.25) is 5.78 Å². The summed E-state index contributed by atoms with van der Waals surface area (Å²) in [5, 5.41) is 1.97. The van der Waals surface area contributed by atoms with Crippen molar-refractivity contribution in [2.24, 2.45) is 0 Å². The van der Waals surface area contributed by atoms with Crippen molar-refractivity contribution in [3.63, 3.8) is 0 Å². The Kier molecular flexibility index (Phi) is 4.91. The average Bonchev–Trinajstić information content (AvgIpc) is 3.22. The molecule has 0 unspecified atom stereocenters. The molecule has 28 heavy (non-hydrogen) atoms. The zero-order valence-electron chi connectivity index (χ0n) is 15.1. The predicted molar refractivity (Wildman–Crippen MR) is 112 cm³/mol. The van der Waals surface area contributed by atoms with Crippen molar-refractivity contribution in [2.45, 2.75) is 13.8 Å². The Labute approximate surface area is 174 Å². The summed E-state index contributed by atoms with van der Waals surface area (Å²) < 4.78 is 12.1. The van der Waals surface area contributed by atoms with Crippen molar-refractivity contribution in [1.82, 2.24) is 0 Å². The minimum absolute atomic E-state index is 0.172. The van der Waals surface area contributed by atoms with E-state index in [1.807, 2.05) is 24.4 Å². The minimum atomic E-state index is -0.482. The van der Waals surface area contributed by atoms with Gasteiger partial charge in [-0.1, -0.05) is 12.1 Å². The van der Waals surface area contributed by atoms with Crippen LogP contribution in [-0.2, 0) is 0 Å². The molecule has 0 N–H and O–H groups in total. The van der Waals surface area contributed by atoms with E-state index in [2.05, 4.69) is 15.9 Å². The Morgan fingerprint density at radius 1 is 1.14 bits per heavy atom. The molecule has 4 rings (SSSR count). The van der Waals surface area contributed by atoms with Gasteiger partial charge in [0.1, 0.15) is 11.5 Å². The highest BCUT2D eigenvalue weighted by molar-refractivity contribution is 9.10. The zero-order valence-corrected chi connectivity index (χ0v) is 17.5. The second-order valence-corrected chi connectivity index (χ2v) is 8.14. The van der Waals surface area contributed by atoms with Crippen molar-refractivity contribution < 1.29 is 19.1 Å². The maximum absolute atomic E-state index is 12.7. The number of benzene rings is 2. The van der Waals surface area contributed by atoms with Crippen LogP contribution in [0, 0.1) is 13.8 Å². The predicted octanol–water partition coefficient (Wildman–Crippen LogP) is 5.96. The van der Waals surface area contributed by atoms with E-state index in [0.29, 0.717) is 32.7 Å². The van der Waals surface area contributed by atoms with Gasteiger partial charge < -0.3 is 9.47 Å². The smallest absolute Gasteiger partial charge is 0.344 e.